The van der Waals surface area contributed by atoms with Gasteiger partial charge in [0.25, 0.3) is 5.91 Å². The Hall–Kier alpha value is -2.11. The van der Waals surface area contributed by atoms with Gasteiger partial charge in [-0.3, -0.25) is 4.79 Å². The number of hydrogen-bond acceptors (Lipinski definition) is 3. The molecule has 1 fully saturated rings. The summed E-state index contributed by atoms with van der Waals surface area (Å²) in [5.41, 5.74) is 2.58. The lowest BCUT2D eigenvalue weighted by Crippen LogP contribution is -2.41. The number of benzene rings is 2. The molecule has 0 saturated carbocycles. The molecule has 0 atom stereocenters. The van der Waals surface area contributed by atoms with Crippen LogP contribution in [0.25, 0.3) is 0 Å². The minimum atomic E-state index is -0.443. The summed E-state index contributed by atoms with van der Waals surface area (Å²) in [6.07, 6.45) is 0. The molecule has 0 bridgehead atoms. The number of carbonyl (C=O) groups is 1. The van der Waals surface area contributed by atoms with Crippen LogP contribution in [-0.2, 0) is 9.31 Å². The maximum absolute atomic E-state index is 12.4. The standard InChI is InChI=1S/C20H24BNO3/c1-14-9-11-15(12-10-14)18(23)22-17-8-6-7-16(13-17)21-24-19(2,3)20(4,5)25-21/h6-13H,1-5H3,(H,22,23). The van der Waals surface area contributed by atoms with Crippen LogP contribution in [0.15, 0.2) is 48.5 Å². The van der Waals surface area contributed by atoms with E-state index in [4.69, 9.17) is 9.31 Å². The van der Waals surface area contributed by atoms with Gasteiger partial charge in [-0.2, -0.15) is 0 Å². The molecule has 1 N–H and O–H groups in total. The van der Waals surface area contributed by atoms with Gasteiger partial charge in [0, 0.05) is 11.3 Å². The number of carbonyl (C=O) groups excluding carboxylic acids is 1. The van der Waals surface area contributed by atoms with Crippen molar-refractivity contribution in [2.24, 2.45) is 0 Å². The van der Waals surface area contributed by atoms with Crippen molar-refractivity contribution in [2.45, 2.75) is 45.8 Å². The number of amides is 1. The lowest BCUT2D eigenvalue weighted by molar-refractivity contribution is 0.00578. The second-order valence-electron chi connectivity index (χ2n) is 7.53. The van der Waals surface area contributed by atoms with Crippen LogP contribution in [0.2, 0.25) is 0 Å². The van der Waals surface area contributed by atoms with Gasteiger partial charge in [0.1, 0.15) is 0 Å². The van der Waals surface area contributed by atoms with Crippen molar-refractivity contribution < 1.29 is 14.1 Å². The normalized spacial score (nSPS) is 18.2. The van der Waals surface area contributed by atoms with Crippen molar-refractivity contribution in [3.63, 3.8) is 0 Å². The first-order valence-electron chi connectivity index (χ1n) is 8.52. The monoisotopic (exact) mass is 337 g/mol. The molecule has 0 radical (unpaired) electrons. The fraction of sp³-hybridized carbons (Fsp3) is 0.350. The van der Waals surface area contributed by atoms with E-state index in [0.29, 0.717) is 5.56 Å². The van der Waals surface area contributed by atoms with Gasteiger partial charge >= 0.3 is 7.12 Å². The topological polar surface area (TPSA) is 47.6 Å². The average Bonchev–Trinajstić information content (AvgIpc) is 2.76. The largest absolute Gasteiger partial charge is 0.494 e. The average molecular weight is 337 g/mol. The van der Waals surface area contributed by atoms with E-state index in [1.165, 1.54) is 0 Å². The SMILES string of the molecule is Cc1ccc(C(=O)Nc2cccc(B3OC(C)(C)C(C)(C)O3)c2)cc1. The molecule has 130 valence electrons. The van der Waals surface area contributed by atoms with E-state index in [-0.39, 0.29) is 5.91 Å². The number of hydrogen-bond donors (Lipinski definition) is 1. The van der Waals surface area contributed by atoms with Crippen LogP contribution in [0, 0.1) is 6.92 Å². The van der Waals surface area contributed by atoms with E-state index in [9.17, 15) is 4.79 Å². The first-order valence-corrected chi connectivity index (χ1v) is 8.52. The van der Waals surface area contributed by atoms with Crippen LogP contribution in [0.5, 0.6) is 0 Å². The Kier molecular flexibility index (Phi) is 4.48. The van der Waals surface area contributed by atoms with Crippen LogP contribution in [0.1, 0.15) is 43.6 Å². The molecule has 3 rings (SSSR count). The van der Waals surface area contributed by atoms with Crippen LogP contribution in [0.3, 0.4) is 0 Å². The molecule has 1 aliphatic heterocycles. The van der Waals surface area contributed by atoms with Gasteiger partial charge in [-0.25, -0.2) is 0 Å². The molecule has 4 nitrogen and oxygen atoms in total. The highest BCUT2D eigenvalue weighted by Crippen LogP contribution is 2.36. The van der Waals surface area contributed by atoms with Gasteiger partial charge in [-0.05, 0) is 64.3 Å². The van der Waals surface area contributed by atoms with E-state index in [1.807, 2.05) is 83.1 Å². The molecule has 25 heavy (non-hydrogen) atoms. The van der Waals surface area contributed by atoms with Gasteiger partial charge < -0.3 is 14.6 Å². The van der Waals surface area contributed by atoms with Crippen LogP contribution >= 0.6 is 0 Å². The molecule has 0 aliphatic carbocycles. The zero-order valence-corrected chi connectivity index (χ0v) is 15.4. The molecular weight excluding hydrogens is 313 g/mol. The number of rotatable bonds is 3. The maximum Gasteiger partial charge on any atom is 0.494 e. The van der Waals surface area contributed by atoms with E-state index in [2.05, 4.69) is 5.32 Å². The van der Waals surface area contributed by atoms with E-state index >= 15 is 0 Å². The number of anilines is 1. The second kappa shape index (κ2) is 6.32. The van der Waals surface area contributed by atoms with Gasteiger partial charge in [0.15, 0.2) is 0 Å². The first-order chi connectivity index (χ1) is 11.7. The fourth-order valence-corrected chi connectivity index (χ4v) is 2.65. The van der Waals surface area contributed by atoms with Gasteiger partial charge in [-0.1, -0.05) is 29.8 Å². The Morgan fingerprint density at radius 1 is 0.960 bits per heavy atom. The highest BCUT2D eigenvalue weighted by Gasteiger charge is 2.51. The summed E-state index contributed by atoms with van der Waals surface area (Å²) in [5, 5.41) is 2.93. The molecule has 2 aromatic rings. The smallest absolute Gasteiger partial charge is 0.399 e. The Labute approximate surface area is 149 Å². The Morgan fingerprint density at radius 3 is 2.16 bits per heavy atom. The molecule has 0 spiro atoms. The predicted octanol–water partition coefficient (Wildman–Crippen LogP) is 3.55. The third-order valence-electron chi connectivity index (χ3n) is 4.98. The molecule has 0 aromatic heterocycles. The molecule has 2 aromatic carbocycles. The van der Waals surface area contributed by atoms with E-state index < -0.39 is 18.3 Å². The number of aryl methyl sites for hydroxylation is 1. The first kappa shape index (κ1) is 17.7. The third kappa shape index (κ3) is 3.62. The summed E-state index contributed by atoms with van der Waals surface area (Å²) in [5.74, 6) is -0.133. The van der Waals surface area contributed by atoms with Crippen molar-refractivity contribution in [3.05, 3.63) is 59.7 Å². The van der Waals surface area contributed by atoms with Crippen LogP contribution < -0.4 is 10.8 Å². The summed E-state index contributed by atoms with van der Waals surface area (Å²) in [7, 11) is -0.443. The Balaban J connectivity index is 1.76. The molecule has 1 aliphatic rings. The highest BCUT2D eigenvalue weighted by atomic mass is 16.7. The fourth-order valence-electron chi connectivity index (χ4n) is 2.65. The predicted molar refractivity (Wildman–Crippen MR) is 101 cm³/mol. The van der Waals surface area contributed by atoms with Crippen LogP contribution in [0.4, 0.5) is 5.69 Å². The summed E-state index contributed by atoms with van der Waals surface area (Å²) < 4.78 is 12.1. The van der Waals surface area contributed by atoms with Crippen molar-refractivity contribution in [1.29, 1.82) is 0 Å². The molecule has 1 amide bonds. The quantitative estimate of drug-likeness (QED) is 0.872. The summed E-state index contributed by atoms with van der Waals surface area (Å²) in [4.78, 5) is 12.4. The maximum atomic E-state index is 12.4. The molecule has 1 saturated heterocycles. The minimum Gasteiger partial charge on any atom is -0.399 e. The van der Waals surface area contributed by atoms with Gasteiger partial charge in [-0.15, -0.1) is 0 Å². The summed E-state index contributed by atoms with van der Waals surface area (Å²) >= 11 is 0. The zero-order valence-electron chi connectivity index (χ0n) is 15.4. The van der Waals surface area contributed by atoms with Crippen molar-refractivity contribution in [3.8, 4) is 0 Å². The zero-order chi connectivity index (χ0) is 18.2. The van der Waals surface area contributed by atoms with Crippen molar-refractivity contribution in [2.75, 3.05) is 5.32 Å². The minimum absolute atomic E-state index is 0.133. The third-order valence-corrected chi connectivity index (χ3v) is 4.98. The Bertz CT molecular complexity index is 768. The second-order valence-corrected chi connectivity index (χ2v) is 7.53. The molecular formula is C20H24BNO3. The molecule has 1 heterocycles. The van der Waals surface area contributed by atoms with Crippen molar-refractivity contribution >= 4 is 24.2 Å². The Morgan fingerprint density at radius 2 is 1.56 bits per heavy atom. The lowest BCUT2D eigenvalue weighted by atomic mass is 9.79. The summed E-state index contributed by atoms with van der Waals surface area (Å²) in [6, 6.07) is 15.1. The molecule has 0 unspecified atom stereocenters. The number of nitrogens with one attached hydrogen (secondary N) is 1. The van der Waals surface area contributed by atoms with Gasteiger partial charge in [0.05, 0.1) is 11.2 Å². The summed E-state index contributed by atoms with van der Waals surface area (Å²) in [6.45, 7) is 10.1. The lowest BCUT2D eigenvalue weighted by Gasteiger charge is -2.32. The molecule has 5 heteroatoms. The van der Waals surface area contributed by atoms with E-state index in [0.717, 1.165) is 16.7 Å². The van der Waals surface area contributed by atoms with E-state index in [1.54, 1.807) is 0 Å². The van der Waals surface area contributed by atoms with Crippen molar-refractivity contribution in [1.82, 2.24) is 0 Å². The van der Waals surface area contributed by atoms with Crippen LogP contribution in [-0.4, -0.2) is 24.2 Å². The highest BCUT2D eigenvalue weighted by molar-refractivity contribution is 6.62. The van der Waals surface area contributed by atoms with Gasteiger partial charge in [0.2, 0.25) is 0 Å².